The van der Waals surface area contributed by atoms with E-state index in [9.17, 15) is 9.59 Å². The summed E-state index contributed by atoms with van der Waals surface area (Å²) in [5, 5.41) is 7.61. The number of hydrogen-bond acceptors (Lipinski definition) is 2. The van der Waals surface area contributed by atoms with Gasteiger partial charge in [-0.15, -0.1) is 0 Å². The first-order valence-corrected chi connectivity index (χ1v) is 7.99. The summed E-state index contributed by atoms with van der Waals surface area (Å²) in [6.07, 6.45) is 2.08. The molecule has 23 heavy (non-hydrogen) atoms. The zero-order valence-corrected chi connectivity index (χ0v) is 13.2. The Hall–Kier alpha value is -2.56. The van der Waals surface area contributed by atoms with Crippen LogP contribution in [0.2, 0.25) is 0 Å². The van der Waals surface area contributed by atoms with Gasteiger partial charge in [-0.2, -0.15) is 0 Å². The van der Waals surface area contributed by atoms with Gasteiger partial charge in [-0.25, -0.2) is 4.79 Å². The van der Waals surface area contributed by atoms with Crippen LogP contribution in [0.5, 0.6) is 0 Å². The highest BCUT2D eigenvalue weighted by Crippen LogP contribution is 2.22. The minimum atomic E-state index is -0.525. The number of benzene rings is 2. The van der Waals surface area contributed by atoms with Crippen LogP contribution in [0.4, 0.5) is 10.5 Å². The van der Waals surface area contributed by atoms with Gasteiger partial charge in [0.25, 0.3) is 0 Å². The molecule has 2 aromatic carbocycles. The number of nitrogens with zero attached hydrogens (tertiary/aromatic N) is 1. The normalized spacial score (nSPS) is 15.4. The Morgan fingerprint density at radius 1 is 1.04 bits per heavy atom. The summed E-state index contributed by atoms with van der Waals surface area (Å²) in [6, 6.07) is 12.7. The zero-order valence-electron chi connectivity index (χ0n) is 13.2. The first kappa shape index (κ1) is 15.3. The topological polar surface area (TPSA) is 61.4 Å². The Labute approximate surface area is 135 Å². The Morgan fingerprint density at radius 3 is 2.52 bits per heavy atom. The van der Waals surface area contributed by atoms with Gasteiger partial charge >= 0.3 is 6.03 Å². The van der Waals surface area contributed by atoms with Gasteiger partial charge in [0.1, 0.15) is 6.04 Å². The third kappa shape index (κ3) is 3.44. The quantitative estimate of drug-likeness (QED) is 0.915. The van der Waals surface area contributed by atoms with E-state index >= 15 is 0 Å². The van der Waals surface area contributed by atoms with E-state index in [1.807, 2.05) is 47.4 Å². The van der Waals surface area contributed by atoms with Gasteiger partial charge in [0.2, 0.25) is 5.91 Å². The van der Waals surface area contributed by atoms with E-state index in [-0.39, 0.29) is 11.9 Å². The Bertz CT molecular complexity index is 718. The molecule has 2 aromatic rings. The van der Waals surface area contributed by atoms with Crippen molar-refractivity contribution in [3.05, 3.63) is 42.5 Å². The predicted molar refractivity (Wildman–Crippen MR) is 91.4 cm³/mol. The highest BCUT2D eigenvalue weighted by molar-refractivity contribution is 6.02. The fraction of sp³-hybridized carbons (Fsp3) is 0.333. The molecule has 5 heteroatoms. The maximum absolute atomic E-state index is 12.2. The van der Waals surface area contributed by atoms with E-state index in [0.717, 1.165) is 42.4 Å². The van der Waals surface area contributed by atoms with Gasteiger partial charge in [0.15, 0.2) is 0 Å². The van der Waals surface area contributed by atoms with E-state index in [1.165, 1.54) is 0 Å². The van der Waals surface area contributed by atoms with Crippen LogP contribution >= 0.6 is 0 Å². The van der Waals surface area contributed by atoms with Crippen LogP contribution in [0.1, 0.15) is 19.8 Å². The lowest BCUT2D eigenvalue weighted by molar-refractivity contribution is -0.131. The van der Waals surface area contributed by atoms with E-state index < -0.39 is 6.04 Å². The average molecular weight is 311 g/mol. The SMILES string of the molecule is C[C@H](NC(=O)Nc1cccc2ccccc12)C(=O)N1CCCC1. The van der Waals surface area contributed by atoms with Gasteiger partial charge in [-0.3, -0.25) is 4.79 Å². The smallest absolute Gasteiger partial charge is 0.319 e. The van der Waals surface area contributed by atoms with Crippen molar-refractivity contribution in [3.63, 3.8) is 0 Å². The van der Waals surface area contributed by atoms with Crippen molar-refractivity contribution in [2.75, 3.05) is 18.4 Å². The van der Waals surface area contributed by atoms with Crippen molar-refractivity contribution in [3.8, 4) is 0 Å². The van der Waals surface area contributed by atoms with Gasteiger partial charge < -0.3 is 15.5 Å². The van der Waals surface area contributed by atoms with Gasteiger partial charge in [0, 0.05) is 18.5 Å². The second-order valence-corrected chi connectivity index (χ2v) is 5.88. The monoisotopic (exact) mass is 311 g/mol. The van der Waals surface area contributed by atoms with Crippen molar-refractivity contribution in [2.45, 2.75) is 25.8 Å². The molecule has 120 valence electrons. The molecule has 0 aromatic heterocycles. The summed E-state index contributed by atoms with van der Waals surface area (Å²) < 4.78 is 0. The van der Waals surface area contributed by atoms with E-state index in [1.54, 1.807) is 6.92 Å². The fourth-order valence-electron chi connectivity index (χ4n) is 2.96. The van der Waals surface area contributed by atoms with E-state index in [4.69, 9.17) is 0 Å². The third-order valence-electron chi connectivity index (χ3n) is 4.17. The molecule has 0 spiro atoms. The Kier molecular flexibility index (Phi) is 4.46. The number of carbonyl (C=O) groups is 2. The van der Waals surface area contributed by atoms with Gasteiger partial charge in [-0.1, -0.05) is 36.4 Å². The molecule has 1 aliphatic rings. The molecule has 2 N–H and O–H groups in total. The maximum Gasteiger partial charge on any atom is 0.319 e. The van der Waals surface area contributed by atoms with Crippen molar-refractivity contribution >= 4 is 28.4 Å². The van der Waals surface area contributed by atoms with Crippen LogP contribution in [-0.2, 0) is 4.79 Å². The molecule has 0 aliphatic carbocycles. The maximum atomic E-state index is 12.2. The molecule has 3 rings (SSSR count). The largest absolute Gasteiger partial charge is 0.341 e. The molecular formula is C18H21N3O2. The zero-order chi connectivity index (χ0) is 16.2. The molecule has 0 unspecified atom stereocenters. The highest BCUT2D eigenvalue weighted by atomic mass is 16.2. The number of likely N-dealkylation sites (tertiary alicyclic amines) is 1. The van der Waals surface area contributed by atoms with Crippen molar-refractivity contribution in [2.24, 2.45) is 0 Å². The summed E-state index contributed by atoms with van der Waals surface area (Å²) in [7, 11) is 0. The average Bonchev–Trinajstić information content (AvgIpc) is 3.08. The Balaban J connectivity index is 1.65. The molecule has 1 atom stereocenters. The number of nitrogens with one attached hydrogen (secondary N) is 2. The van der Waals surface area contributed by atoms with Crippen LogP contribution in [0, 0.1) is 0 Å². The molecule has 0 radical (unpaired) electrons. The van der Waals surface area contributed by atoms with Crippen LogP contribution < -0.4 is 10.6 Å². The number of hydrogen-bond donors (Lipinski definition) is 2. The predicted octanol–water partition coefficient (Wildman–Crippen LogP) is 2.97. The molecular weight excluding hydrogens is 290 g/mol. The number of rotatable bonds is 3. The number of urea groups is 1. The third-order valence-corrected chi connectivity index (χ3v) is 4.17. The fourth-order valence-corrected chi connectivity index (χ4v) is 2.96. The van der Waals surface area contributed by atoms with E-state index in [2.05, 4.69) is 10.6 Å². The summed E-state index contributed by atoms with van der Waals surface area (Å²) in [5.74, 6) is -0.0180. The molecule has 3 amide bonds. The van der Waals surface area contributed by atoms with Crippen LogP contribution in [0.3, 0.4) is 0 Å². The minimum Gasteiger partial charge on any atom is -0.341 e. The summed E-state index contributed by atoms with van der Waals surface area (Å²) in [6.45, 7) is 3.30. The number of amides is 3. The van der Waals surface area contributed by atoms with Crippen molar-refractivity contribution in [1.29, 1.82) is 0 Å². The lowest BCUT2D eigenvalue weighted by Crippen LogP contribution is -2.47. The second-order valence-electron chi connectivity index (χ2n) is 5.88. The number of fused-ring (bicyclic) bond motifs is 1. The standard InChI is InChI=1S/C18H21N3O2/c1-13(17(22)21-11-4-5-12-21)19-18(23)20-16-10-6-8-14-7-2-3-9-15(14)16/h2-3,6-10,13H,4-5,11-12H2,1H3,(H2,19,20,23)/t13-/m0/s1. The molecule has 0 saturated carbocycles. The molecule has 0 bridgehead atoms. The summed E-state index contributed by atoms with van der Waals surface area (Å²) in [4.78, 5) is 26.2. The van der Waals surface area contributed by atoms with Crippen LogP contribution in [-0.4, -0.2) is 36.0 Å². The number of carbonyl (C=O) groups excluding carboxylic acids is 2. The van der Waals surface area contributed by atoms with Gasteiger partial charge in [0.05, 0.1) is 5.69 Å². The molecule has 1 fully saturated rings. The van der Waals surface area contributed by atoms with Crippen molar-refractivity contribution < 1.29 is 9.59 Å². The van der Waals surface area contributed by atoms with E-state index in [0.29, 0.717) is 0 Å². The molecule has 1 aliphatic heterocycles. The number of anilines is 1. The summed E-state index contributed by atoms with van der Waals surface area (Å²) >= 11 is 0. The lowest BCUT2D eigenvalue weighted by atomic mass is 10.1. The molecule has 1 saturated heterocycles. The molecule has 5 nitrogen and oxygen atoms in total. The second kappa shape index (κ2) is 6.69. The molecule has 1 heterocycles. The van der Waals surface area contributed by atoms with Crippen LogP contribution in [0.25, 0.3) is 10.8 Å². The summed E-state index contributed by atoms with van der Waals surface area (Å²) in [5.41, 5.74) is 0.737. The lowest BCUT2D eigenvalue weighted by Gasteiger charge is -2.21. The Morgan fingerprint density at radius 2 is 1.74 bits per heavy atom. The highest BCUT2D eigenvalue weighted by Gasteiger charge is 2.24. The van der Waals surface area contributed by atoms with Gasteiger partial charge in [-0.05, 0) is 31.2 Å². The first-order valence-electron chi connectivity index (χ1n) is 7.99. The van der Waals surface area contributed by atoms with Crippen molar-refractivity contribution in [1.82, 2.24) is 10.2 Å². The first-order chi connectivity index (χ1) is 11.1. The van der Waals surface area contributed by atoms with Crippen LogP contribution in [0.15, 0.2) is 42.5 Å². The minimum absolute atomic E-state index is 0.0180.